The summed E-state index contributed by atoms with van der Waals surface area (Å²) in [4.78, 5) is 123. The summed E-state index contributed by atoms with van der Waals surface area (Å²) in [5.41, 5.74) is 16.1. The van der Waals surface area contributed by atoms with E-state index in [9.17, 15) is 96.8 Å². The minimum atomic E-state index is -0.909. The number of halogens is 4. The summed E-state index contributed by atoms with van der Waals surface area (Å²) >= 11 is 0. The van der Waals surface area contributed by atoms with Crippen LogP contribution in [0.1, 0.15) is 115 Å². The standard InChI is InChI=1S/2C29H26FN3O4.2C28H32FN3O6/c2*30-21-6-3-19(4-7-21)28(36)33-27(13-20-16-32-26-10-9-23(35)15-25(20)26)29(37)31-12-11-18-2-1-17-5-8-22(34)14-24(17)18;2*29-7-9-38-11-10-37-8-1-2-27(35)26(12-18-16-30-24-5-3-20(33)14-22(18)24)32-28(36)13-19-17-31-25-6-4-21(34)15-23(19)25/h2*2-10,14-16,27,32,34-35H,1,11-13H2,(H,31,37)(H,33,36);2*3-6,14-17,26,30-31,33-34H,1-2,7-13H2,(H,32,36)/i30-1;;29-1;. The third kappa shape index (κ3) is 29.3. The highest BCUT2D eigenvalue weighted by Crippen LogP contribution is 2.37. The first-order valence-corrected chi connectivity index (χ1v) is 49.1. The number of carbonyl (C=O) groups is 8. The topological polar surface area (TPSA) is 502 Å². The molecule has 36 heteroatoms. The normalized spacial score (nSPS) is 12.7. The second kappa shape index (κ2) is 51.9. The first-order valence-electron chi connectivity index (χ1n) is 49.1. The molecule has 0 radical (unpaired) electrons. The summed E-state index contributed by atoms with van der Waals surface area (Å²) in [6.45, 7) is 1.56. The van der Waals surface area contributed by atoms with E-state index in [1.165, 1.54) is 48.5 Å². The largest absolute Gasteiger partial charge is 0.508 e. The van der Waals surface area contributed by atoms with Gasteiger partial charge in [0.2, 0.25) is 23.6 Å². The molecule has 0 spiro atoms. The number of nitrogens with one attached hydrogen (secondary N) is 12. The number of alkyl halides is 2. The number of ketones is 2. The summed E-state index contributed by atoms with van der Waals surface area (Å²) in [5, 5.41) is 101. The molecule has 6 aromatic heterocycles. The number of phenolic OH excluding ortho intramolecular Hbond substituents is 8. The molecule has 0 saturated carbocycles. The van der Waals surface area contributed by atoms with Gasteiger partial charge in [-0.15, -0.1) is 0 Å². The van der Waals surface area contributed by atoms with Gasteiger partial charge in [-0.3, -0.25) is 38.4 Å². The third-order valence-electron chi connectivity index (χ3n) is 25.8. The molecular formula is C114H116F4N12O20. The van der Waals surface area contributed by atoms with Crippen LogP contribution in [0, 0.1) is 11.6 Å². The number of ether oxygens (including phenoxy) is 4. The number of aromatic nitrogens is 6. The van der Waals surface area contributed by atoms with Gasteiger partial charge in [-0.05, 0) is 287 Å². The van der Waals surface area contributed by atoms with Crippen LogP contribution in [0.5, 0.6) is 46.0 Å². The van der Waals surface area contributed by atoms with Crippen LogP contribution in [0.4, 0.5) is 17.6 Å². The minimum Gasteiger partial charge on any atom is -0.508 e. The molecule has 0 bridgehead atoms. The summed E-state index contributed by atoms with van der Waals surface area (Å²) in [6.07, 6.45) is 19.6. The number of allylic oxidation sites excluding steroid dienone is 2. The van der Waals surface area contributed by atoms with Gasteiger partial charge in [0.25, 0.3) is 11.8 Å². The van der Waals surface area contributed by atoms with Crippen molar-refractivity contribution in [3.8, 4) is 46.0 Å². The number of hydrogen-bond acceptors (Lipinski definition) is 20. The van der Waals surface area contributed by atoms with Gasteiger partial charge in [-0.25, -0.2) is 17.6 Å². The molecular weight excluding hydrogens is 1930 g/mol. The third-order valence-corrected chi connectivity index (χ3v) is 25.8. The number of carbonyl (C=O) groups excluding carboxylic acids is 8. The van der Waals surface area contributed by atoms with Crippen LogP contribution in [0.15, 0.2) is 243 Å². The van der Waals surface area contributed by atoms with Gasteiger partial charge in [0.05, 0.1) is 64.6 Å². The van der Waals surface area contributed by atoms with Crippen LogP contribution in [0.25, 0.3) is 76.6 Å². The monoisotopic (exact) mass is 2050 g/mol. The Bertz CT molecular complexity index is 7100. The first-order chi connectivity index (χ1) is 72.6. The highest BCUT2D eigenvalue weighted by Gasteiger charge is 2.31. The van der Waals surface area contributed by atoms with Crippen molar-refractivity contribution in [3.63, 3.8) is 0 Å². The molecule has 0 aliphatic heterocycles. The Morgan fingerprint density at radius 3 is 0.893 bits per heavy atom. The molecule has 150 heavy (non-hydrogen) atoms. The smallest absolute Gasteiger partial charge is 0.251 e. The van der Waals surface area contributed by atoms with Crippen LogP contribution >= 0.6 is 0 Å². The molecule has 2 aliphatic rings. The van der Waals surface area contributed by atoms with E-state index in [-0.39, 0.29) is 170 Å². The van der Waals surface area contributed by atoms with Gasteiger partial charge in [-0.2, -0.15) is 0 Å². The molecule has 6 amide bonds. The molecule has 0 fully saturated rings. The number of rotatable bonds is 46. The van der Waals surface area contributed by atoms with Crippen LogP contribution < -0.4 is 31.9 Å². The lowest BCUT2D eigenvalue weighted by Crippen LogP contribution is -2.48. The van der Waals surface area contributed by atoms with Gasteiger partial charge in [0.15, 0.2) is 11.6 Å². The summed E-state index contributed by atoms with van der Waals surface area (Å²) in [6, 6.07) is 47.0. The van der Waals surface area contributed by atoms with Crippen LogP contribution in [0.2, 0.25) is 0 Å². The first kappa shape index (κ1) is 107. The predicted octanol–water partition coefficient (Wildman–Crippen LogP) is 15.8. The van der Waals surface area contributed by atoms with Crippen molar-refractivity contribution in [1.82, 2.24) is 61.8 Å². The molecule has 16 aromatic rings. The van der Waals surface area contributed by atoms with Crippen molar-refractivity contribution in [2.24, 2.45) is 0 Å². The zero-order valence-corrected chi connectivity index (χ0v) is 81.8. The van der Waals surface area contributed by atoms with E-state index in [2.05, 4.69) is 74.0 Å². The van der Waals surface area contributed by atoms with Gasteiger partial charge in [-0.1, -0.05) is 24.3 Å². The zero-order chi connectivity index (χ0) is 106. The fourth-order valence-electron chi connectivity index (χ4n) is 18.2. The van der Waals surface area contributed by atoms with Gasteiger partial charge < -0.3 is 122 Å². The number of hydrogen-bond donors (Lipinski definition) is 20. The molecule has 780 valence electrons. The minimum absolute atomic E-state index is 0.0316. The highest BCUT2D eigenvalue weighted by molar-refractivity contribution is 6.01. The van der Waals surface area contributed by atoms with E-state index in [1.807, 2.05) is 12.1 Å². The van der Waals surface area contributed by atoms with Crippen LogP contribution in [-0.2, 0) is 99.1 Å². The number of aromatic amines is 6. The second-order valence-electron chi connectivity index (χ2n) is 36.3. The van der Waals surface area contributed by atoms with E-state index in [4.69, 9.17) is 18.9 Å². The van der Waals surface area contributed by atoms with E-state index < -0.39 is 61.0 Å². The maximum atomic E-state index is 13.3. The molecule has 4 unspecified atom stereocenters. The molecule has 0 saturated heterocycles. The number of Topliss-reactive ketones (excluding diaryl/α,β-unsaturated/α-hetero) is 2. The van der Waals surface area contributed by atoms with Crippen molar-refractivity contribution >= 4 is 124 Å². The van der Waals surface area contributed by atoms with Gasteiger partial charge in [0, 0.05) is 179 Å². The van der Waals surface area contributed by atoms with Crippen LogP contribution in [-0.4, -0.2) is 221 Å². The predicted molar refractivity (Wildman–Crippen MR) is 560 cm³/mol. The zero-order valence-electron chi connectivity index (χ0n) is 81.8. The molecule has 18 rings (SSSR count). The fourth-order valence-corrected chi connectivity index (χ4v) is 18.2. The maximum absolute atomic E-state index is 13.3. The maximum Gasteiger partial charge on any atom is 0.251 e. The Morgan fingerprint density at radius 1 is 0.313 bits per heavy atom. The Balaban J connectivity index is 0.000000149. The molecule has 32 nitrogen and oxygen atoms in total. The SMILES string of the molecule is O=C(Cc1c[nH]c2ccc(O)cc12)NC(Cc1c[nH]c2ccc(O)cc12)C(=O)CCCOCCOCCF.O=C(Cc1c[nH]c2ccc(O)cc12)NC(Cc1c[nH]c2ccc(O)cc12)C(=O)CCCOCCOCC[18F].O=C(NC(Cc1c[nH]c2ccc(O)cc12)C(=O)NCCC1=CCc2ccc(O)cc21)c1ccc(F)cc1.O=C(NC(Cc1c[nH]c2ccc(O)cc12)C(=O)NCCC1=CCc2ccc(O)cc21)c1ccc([18F])cc1. The molecule has 4 atom stereocenters. The van der Waals surface area contributed by atoms with Crippen molar-refractivity contribution in [2.75, 3.05) is 79.3 Å². The summed E-state index contributed by atoms with van der Waals surface area (Å²) < 4.78 is 71.7. The van der Waals surface area contributed by atoms with Gasteiger partial charge in [0.1, 0.15) is 83.1 Å². The van der Waals surface area contributed by atoms with Crippen molar-refractivity contribution in [2.45, 2.75) is 114 Å². The molecule has 2 aliphatic carbocycles. The fraction of sp³-hybridized carbons (Fsp3) is 0.263. The lowest BCUT2D eigenvalue weighted by Gasteiger charge is -2.19. The number of benzene rings is 10. The van der Waals surface area contributed by atoms with E-state index >= 15 is 0 Å². The van der Waals surface area contributed by atoms with Gasteiger partial charge >= 0.3 is 0 Å². The number of phenols is 8. The van der Waals surface area contributed by atoms with E-state index in [0.717, 1.165) is 134 Å². The summed E-state index contributed by atoms with van der Waals surface area (Å²) in [7, 11) is 0. The summed E-state index contributed by atoms with van der Waals surface area (Å²) in [5.74, 6) is -2.53. The Kier molecular flexibility index (Phi) is 37.1. The molecule has 20 N–H and O–H groups in total. The van der Waals surface area contributed by atoms with Crippen LogP contribution in [0.3, 0.4) is 0 Å². The number of amides is 6. The lowest BCUT2D eigenvalue weighted by molar-refractivity contribution is -0.127. The van der Waals surface area contributed by atoms with Crippen molar-refractivity contribution in [1.29, 1.82) is 0 Å². The molecule has 6 heterocycles. The van der Waals surface area contributed by atoms with Crippen molar-refractivity contribution in [3.05, 3.63) is 322 Å². The van der Waals surface area contributed by atoms with Crippen molar-refractivity contribution < 1.29 is 116 Å². The highest BCUT2D eigenvalue weighted by atomic mass is 19.1. The average Bonchev–Trinajstić information content (AvgIpc) is 1.67. The molecule has 10 aromatic carbocycles. The number of aromatic hydroxyl groups is 8. The second-order valence-corrected chi connectivity index (χ2v) is 36.3. The van der Waals surface area contributed by atoms with E-state index in [0.29, 0.717) is 76.3 Å². The quantitative estimate of drug-likeness (QED) is 0.0124. The lowest BCUT2D eigenvalue weighted by atomic mass is 9.98. The number of H-pyrrole nitrogens is 6. The Hall–Kier alpha value is -17.0. The average molecular weight is 2050 g/mol. The number of fused-ring (bicyclic) bond motifs is 8. The Labute approximate surface area is 857 Å². The Morgan fingerprint density at radius 2 is 0.587 bits per heavy atom. The van der Waals surface area contributed by atoms with E-state index in [1.54, 1.807) is 171 Å².